The van der Waals surface area contributed by atoms with Crippen LogP contribution in [0.25, 0.3) is 0 Å². The van der Waals surface area contributed by atoms with E-state index in [9.17, 15) is 0 Å². The van der Waals surface area contributed by atoms with Crippen molar-refractivity contribution in [2.24, 2.45) is 5.92 Å². The highest BCUT2D eigenvalue weighted by Crippen LogP contribution is 2.08. The number of rotatable bonds is 3. The largest absolute Gasteiger partial charge is 0.305 e. The lowest BCUT2D eigenvalue weighted by atomic mass is 10.1. The molecule has 0 heterocycles. The van der Waals surface area contributed by atoms with Gasteiger partial charge in [-0.05, 0) is 19.3 Å². The zero-order chi connectivity index (χ0) is 6.57. The van der Waals surface area contributed by atoms with Gasteiger partial charge in [-0.3, -0.25) is 0 Å². The van der Waals surface area contributed by atoms with E-state index in [-0.39, 0.29) is 0 Å². The first-order valence-corrected chi connectivity index (χ1v) is 3.59. The third-order valence-corrected chi connectivity index (χ3v) is 1.59. The maximum atomic E-state index is 4.87. The van der Waals surface area contributed by atoms with Crippen molar-refractivity contribution < 1.29 is 3.83 Å². The molecule has 0 amide bonds. The summed E-state index contributed by atoms with van der Waals surface area (Å²) in [7, 11) is 0. The molecule has 1 nitrogen and oxygen atoms in total. The lowest BCUT2D eigenvalue weighted by Gasteiger charge is -2.08. The molecule has 0 rings (SSSR count). The zero-order valence-corrected chi connectivity index (χ0v) is 7.23. The molecule has 0 aromatic rings. The minimum absolute atomic E-state index is 0.343. The van der Waals surface area contributed by atoms with Crippen molar-refractivity contribution in [2.75, 3.05) is 0 Å². The molecule has 0 aliphatic heterocycles. The van der Waals surface area contributed by atoms with Gasteiger partial charge in [-0.15, -0.1) is 0 Å². The monoisotopic (exact) mass is 180 g/mol. The van der Waals surface area contributed by atoms with Gasteiger partial charge in [0.25, 0.3) is 0 Å². The van der Waals surface area contributed by atoms with Gasteiger partial charge in [0.1, 0.15) is 0 Å². The minimum Gasteiger partial charge on any atom is -0.305 e. The third kappa shape index (κ3) is 4.60. The fourth-order valence-corrected chi connectivity index (χ4v) is 0.853. The Morgan fingerprint density at radius 3 is 2.00 bits per heavy atom. The molecule has 50 valence electrons. The van der Waals surface area contributed by atoms with Crippen molar-refractivity contribution in [3.63, 3.8) is 0 Å². The zero-order valence-electron chi connectivity index (χ0n) is 5.65. The second kappa shape index (κ2) is 4.33. The van der Waals surface area contributed by atoms with E-state index in [1.165, 1.54) is 0 Å². The van der Waals surface area contributed by atoms with Crippen LogP contribution in [-0.2, 0) is 3.83 Å². The van der Waals surface area contributed by atoms with E-state index in [0.29, 0.717) is 6.10 Å². The highest BCUT2D eigenvalue weighted by molar-refractivity contribution is 9.06. The Labute approximate surface area is 59.9 Å². The van der Waals surface area contributed by atoms with Crippen LogP contribution in [0.3, 0.4) is 0 Å². The first kappa shape index (κ1) is 8.44. The molecular formula is C6H13BrO. The maximum Gasteiger partial charge on any atom is 0.0990 e. The van der Waals surface area contributed by atoms with Crippen LogP contribution in [0.15, 0.2) is 0 Å². The molecule has 2 heteroatoms. The Kier molecular flexibility index (Phi) is 4.57. The van der Waals surface area contributed by atoms with Crippen LogP contribution in [0.2, 0.25) is 0 Å². The van der Waals surface area contributed by atoms with Crippen LogP contribution in [-0.4, -0.2) is 6.10 Å². The van der Waals surface area contributed by atoms with Crippen LogP contribution in [0.1, 0.15) is 27.2 Å². The van der Waals surface area contributed by atoms with Crippen LogP contribution < -0.4 is 0 Å². The van der Waals surface area contributed by atoms with E-state index in [1.54, 1.807) is 0 Å². The lowest BCUT2D eigenvalue weighted by Crippen LogP contribution is -2.04. The van der Waals surface area contributed by atoms with Crippen molar-refractivity contribution in [3.05, 3.63) is 0 Å². The number of halogens is 1. The summed E-state index contributed by atoms with van der Waals surface area (Å²) in [5.74, 6) is 0.725. The quantitative estimate of drug-likeness (QED) is 0.650. The standard InChI is InChI=1S/C6H13BrO/c1-5(2)4-6(3)8-7/h5-6H,4H2,1-3H3. The van der Waals surface area contributed by atoms with E-state index in [4.69, 9.17) is 3.83 Å². The van der Waals surface area contributed by atoms with Gasteiger partial charge in [-0.1, -0.05) is 13.8 Å². The molecular weight excluding hydrogens is 168 g/mol. The topological polar surface area (TPSA) is 9.23 Å². The predicted octanol–water partition coefficient (Wildman–Crippen LogP) is 2.75. The van der Waals surface area contributed by atoms with Gasteiger partial charge in [0.05, 0.1) is 22.4 Å². The van der Waals surface area contributed by atoms with Crippen molar-refractivity contribution in [2.45, 2.75) is 33.3 Å². The van der Waals surface area contributed by atoms with E-state index in [1.807, 2.05) is 0 Å². The van der Waals surface area contributed by atoms with Crippen molar-refractivity contribution in [1.82, 2.24) is 0 Å². The van der Waals surface area contributed by atoms with E-state index < -0.39 is 0 Å². The molecule has 0 aliphatic carbocycles. The Balaban J connectivity index is 3.10. The van der Waals surface area contributed by atoms with Crippen LogP contribution in [0, 0.1) is 5.92 Å². The molecule has 1 atom stereocenters. The fourth-order valence-electron chi connectivity index (χ4n) is 0.700. The summed E-state index contributed by atoms with van der Waals surface area (Å²) in [5.41, 5.74) is 0. The first-order valence-electron chi connectivity index (χ1n) is 2.94. The SMILES string of the molecule is CC(C)CC(C)OBr. The van der Waals surface area contributed by atoms with Gasteiger partial charge in [-0.2, -0.15) is 0 Å². The van der Waals surface area contributed by atoms with E-state index in [2.05, 4.69) is 37.0 Å². The minimum atomic E-state index is 0.343. The Bertz CT molecular complexity index is 54.5. The van der Waals surface area contributed by atoms with Crippen LogP contribution in [0.4, 0.5) is 0 Å². The maximum absolute atomic E-state index is 4.87. The average molecular weight is 181 g/mol. The normalized spacial score (nSPS) is 14.6. The Morgan fingerprint density at radius 2 is 1.88 bits per heavy atom. The Hall–Kier alpha value is 0.440. The van der Waals surface area contributed by atoms with Gasteiger partial charge in [0.15, 0.2) is 0 Å². The second-order valence-electron chi connectivity index (χ2n) is 2.53. The average Bonchev–Trinajstić information content (AvgIpc) is 1.65. The molecule has 0 aliphatic rings. The summed E-state index contributed by atoms with van der Waals surface area (Å²) in [5, 5.41) is 0. The van der Waals surface area contributed by atoms with Crippen molar-refractivity contribution >= 4 is 16.3 Å². The predicted molar refractivity (Wildman–Crippen MR) is 38.9 cm³/mol. The Morgan fingerprint density at radius 1 is 1.38 bits per heavy atom. The summed E-state index contributed by atoms with van der Waals surface area (Å²) in [6.45, 7) is 6.42. The van der Waals surface area contributed by atoms with Gasteiger partial charge >= 0.3 is 0 Å². The molecule has 0 radical (unpaired) electrons. The molecule has 0 fully saturated rings. The molecule has 8 heavy (non-hydrogen) atoms. The molecule has 0 aromatic carbocycles. The molecule has 0 bridgehead atoms. The number of hydrogen-bond acceptors (Lipinski definition) is 1. The molecule has 0 aromatic heterocycles. The van der Waals surface area contributed by atoms with Crippen LogP contribution >= 0.6 is 16.3 Å². The second-order valence-corrected chi connectivity index (χ2v) is 2.90. The molecule has 0 saturated carbocycles. The van der Waals surface area contributed by atoms with E-state index >= 15 is 0 Å². The van der Waals surface area contributed by atoms with Gasteiger partial charge in [-0.25, -0.2) is 0 Å². The molecule has 0 spiro atoms. The summed E-state index contributed by atoms with van der Waals surface area (Å²) >= 11 is 2.94. The van der Waals surface area contributed by atoms with Gasteiger partial charge < -0.3 is 3.83 Å². The summed E-state index contributed by atoms with van der Waals surface area (Å²) in [6, 6.07) is 0. The number of hydrogen-bond donors (Lipinski definition) is 0. The highest BCUT2D eigenvalue weighted by atomic mass is 79.9. The first-order chi connectivity index (χ1) is 3.66. The highest BCUT2D eigenvalue weighted by Gasteiger charge is 2.01. The molecule has 1 unspecified atom stereocenters. The summed E-state index contributed by atoms with van der Waals surface area (Å²) in [4.78, 5) is 0. The van der Waals surface area contributed by atoms with Gasteiger partial charge in [0, 0.05) is 0 Å². The fraction of sp³-hybridized carbons (Fsp3) is 1.00. The molecule has 0 N–H and O–H groups in total. The molecule has 0 saturated heterocycles. The van der Waals surface area contributed by atoms with Crippen molar-refractivity contribution in [3.8, 4) is 0 Å². The lowest BCUT2D eigenvalue weighted by molar-refractivity contribution is 0.244. The van der Waals surface area contributed by atoms with Crippen LogP contribution in [0.5, 0.6) is 0 Å². The smallest absolute Gasteiger partial charge is 0.0990 e. The van der Waals surface area contributed by atoms with Gasteiger partial charge in [0.2, 0.25) is 0 Å². The third-order valence-electron chi connectivity index (χ3n) is 0.955. The summed E-state index contributed by atoms with van der Waals surface area (Å²) in [6.07, 6.45) is 1.46. The van der Waals surface area contributed by atoms with E-state index in [0.717, 1.165) is 12.3 Å². The summed E-state index contributed by atoms with van der Waals surface area (Å²) < 4.78 is 4.87. The van der Waals surface area contributed by atoms with Crippen molar-refractivity contribution in [1.29, 1.82) is 0 Å².